The van der Waals surface area contributed by atoms with Gasteiger partial charge in [0.25, 0.3) is 0 Å². The molecule has 0 radical (unpaired) electrons. The van der Waals surface area contributed by atoms with Crippen molar-refractivity contribution >= 4 is 23.1 Å². The Morgan fingerprint density at radius 1 is 1.19 bits per heavy atom. The second-order valence-electron chi connectivity index (χ2n) is 6.73. The first-order chi connectivity index (χ1) is 13.1. The Bertz CT molecular complexity index is 791. The Balaban J connectivity index is 1.66. The first-order valence-corrected chi connectivity index (χ1v) is 9.60. The van der Waals surface area contributed by atoms with Crippen LogP contribution in [0.3, 0.4) is 0 Å². The molecule has 1 heterocycles. The summed E-state index contributed by atoms with van der Waals surface area (Å²) < 4.78 is 5.85. The summed E-state index contributed by atoms with van der Waals surface area (Å²) in [5.41, 5.74) is 2.90. The Kier molecular flexibility index (Phi) is 6.91. The van der Waals surface area contributed by atoms with Crippen LogP contribution in [0.2, 0.25) is 5.02 Å². The van der Waals surface area contributed by atoms with Gasteiger partial charge < -0.3 is 9.84 Å². The van der Waals surface area contributed by atoms with Gasteiger partial charge >= 0.3 is 5.97 Å². The SMILES string of the molecule is O=C(O)[C@@H]1CCCN(CCO/C=C(/c2ccccc2)c2ccccc2Cl)C1. The predicted molar refractivity (Wildman–Crippen MR) is 108 cm³/mol. The number of nitrogens with zero attached hydrogens (tertiary/aromatic N) is 1. The summed E-state index contributed by atoms with van der Waals surface area (Å²) in [4.78, 5) is 13.3. The molecule has 1 fully saturated rings. The molecule has 2 aromatic carbocycles. The van der Waals surface area contributed by atoms with Gasteiger partial charge in [-0.15, -0.1) is 0 Å². The number of benzene rings is 2. The topological polar surface area (TPSA) is 49.8 Å². The molecule has 1 aliphatic heterocycles. The van der Waals surface area contributed by atoms with E-state index in [4.69, 9.17) is 16.3 Å². The molecular formula is C22H24ClNO3. The number of piperidine rings is 1. The van der Waals surface area contributed by atoms with Gasteiger partial charge in [-0.1, -0.05) is 60.1 Å². The summed E-state index contributed by atoms with van der Waals surface area (Å²) in [6, 6.07) is 17.7. The van der Waals surface area contributed by atoms with Crippen molar-refractivity contribution in [2.45, 2.75) is 12.8 Å². The van der Waals surface area contributed by atoms with Crippen LogP contribution in [-0.2, 0) is 9.53 Å². The van der Waals surface area contributed by atoms with E-state index in [9.17, 15) is 9.90 Å². The van der Waals surface area contributed by atoms with Crippen LogP contribution in [0.4, 0.5) is 0 Å². The predicted octanol–water partition coefficient (Wildman–Crippen LogP) is 4.54. The van der Waals surface area contributed by atoms with Gasteiger partial charge in [0.2, 0.25) is 0 Å². The number of halogens is 1. The molecule has 142 valence electrons. The summed E-state index contributed by atoms with van der Waals surface area (Å²) >= 11 is 6.39. The smallest absolute Gasteiger partial charge is 0.307 e. The van der Waals surface area contributed by atoms with Crippen molar-refractivity contribution in [1.82, 2.24) is 4.90 Å². The van der Waals surface area contributed by atoms with Crippen LogP contribution in [0, 0.1) is 5.92 Å². The van der Waals surface area contributed by atoms with Crippen LogP contribution in [0.25, 0.3) is 5.57 Å². The molecular weight excluding hydrogens is 362 g/mol. The van der Waals surface area contributed by atoms with E-state index in [1.165, 1.54) is 0 Å². The third-order valence-electron chi connectivity index (χ3n) is 4.83. The summed E-state index contributed by atoms with van der Waals surface area (Å²) in [6.07, 6.45) is 3.44. The highest BCUT2D eigenvalue weighted by Crippen LogP contribution is 2.29. The van der Waals surface area contributed by atoms with Crippen LogP contribution in [0.5, 0.6) is 0 Å². The van der Waals surface area contributed by atoms with Crippen LogP contribution < -0.4 is 0 Å². The second kappa shape index (κ2) is 9.58. The van der Waals surface area contributed by atoms with Crippen molar-refractivity contribution < 1.29 is 14.6 Å². The molecule has 5 heteroatoms. The molecule has 0 aromatic heterocycles. The number of rotatable bonds is 7. The van der Waals surface area contributed by atoms with Gasteiger partial charge in [-0.05, 0) is 31.0 Å². The number of carboxylic acids is 1. The van der Waals surface area contributed by atoms with E-state index in [2.05, 4.69) is 4.90 Å². The molecule has 1 atom stereocenters. The Morgan fingerprint density at radius 3 is 2.67 bits per heavy atom. The largest absolute Gasteiger partial charge is 0.499 e. The number of carbonyl (C=O) groups is 1. The molecule has 4 nitrogen and oxygen atoms in total. The van der Waals surface area contributed by atoms with E-state index >= 15 is 0 Å². The number of aliphatic carboxylic acids is 1. The monoisotopic (exact) mass is 385 g/mol. The molecule has 0 aliphatic carbocycles. The van der Waals surface area contributed by atoms with Crippen LogP contribution >= 0.6 is 11.6 Å². The summed E-state index contributed by atoms with van der Waals surface area (Å²) in [6.45, 7) is 2.74. The minimum atomic E-state index is -0.703. The quantitative estimate of drug-likeness (QED) is 0.561. The fourth-order valence-electron chi connectivity index (χ4n) is 3.37. The molecule has 0 unspecified atom stereocenters. The summed E-state index contributed by atoms with van der Waals surface area (Å²) in [5, 5.41) is 9.88. The maximum Gasteiger partial charge on any atom is 0.307 e. The third-order valence-corrected chi connectivity index (χ3v) is 5.16. The molecule has 1 saturated heterocycles. The first kappa shape index (κ1) is 19.5. The standard InChI is InChI=1S/C22H24ClNO3/c23-21-11-5-4-10-19(21)20(17-7-2-1-3-8-17)16-27-14-13-24-12-6-9-18(15-24)22(25)26/h1-5,7-8,10-11,16,18H,6,9,12-15H2,(H,25,26)/b20-16-/t18-/m1/s1. The molecule has 27 heavy (non-hydrogen) atoms. The maximum absolute atomic E-state index is 11.2. The lowest BCUT2D eigenvalue weighted by atomic mass is 9.98. The zero-order valence-electron chi connectivity index (χ0n) is 15.2. The van der Waals surface area contributed by atoms with Gasteiger partial charge in [-0.2, -0.15) is 0 Å². The number of hydrogen-bond donors (Lipinski definition) is 1. The Labute approximate surface area is 165 Å². The number of hydrogen-bond acceptors (Lipinski definition) is 3. The molecule has 0 saturated carbocycles. The van der Waals surface area contributed by atoms with Gasteiger partial charge in [0.1, 0.15) is 6.61 Å². The summed E-state index contributed by atoms with van der Waals surface area (Å²) in [7, 11) is 0. The molecule has 0 amide bonds. The lowest BCUT2D eigenvalue weighted by molar-refractivity contribution is -0.143. The second-order valence-corrected chi connectivity index (χ2v) is 7.13. The minimum Gasteiger partial charge on any atom is -0.499 e. The first-order valence-electron chi connectivity index (χ1n) is 9.22. The van der Waals surface area contributed by atoms with Crippen LogP contribution in [-0.4, -0.2) is 42.2 Å². The van der Waals surface area contributed by atoms with E-state index in [1.807, 2.05) is 54.6 Å². The van der Waals surface area contributed by atoms with Crippen molar-refractivity contribution in [2.75, 3.05) is 26.2 Å². The molecule has 3 rings (SSSR count). The number of carboxylic acid groups (broad SMARTS) is 1. The fourth-order valence-corrected chi connectivity index (χ4v) is 3.61. The van der Waals surface area contributed by atoms with Crippen molar-refractivity contribution in [3.8, 4) is 0 Å². The average molecular weight is 386 g/mol. The van der Waals surface area contributed by atoms with Gasteiger partial charge in [0, 0.05) is 29.2 Å². The van der Waals surface area contributed by atoms with E-state index in [1.54, 1.807) is 6.26 Å². The van der Waals surface area contributed by atoms with Crippen LogP contribution in [0.15, 0.2) is 60.9 Å². The average Bonchev–Trinajstić information content (AvgIpc) is 2.70. The molecule has 1 aliphatic rings. The van der Waals surface area contributed by atoms with Crippen LogP contribution in [0.1, 0.15) is 24.0 Å². The molecule has 2 aromatic rings. The maximum atomic E-state index is 11.2. The highest BCUT2D eigenvalue weighted by atomic mass is 35.5. The molecule has 0 spiro atoms. The fraction of sp³-hybridized carbons (Fsp3) is 0.318. The zero-order valence-corrected chi connectivity index (χ0v) is 15.9. The van der Waals surface area contributed by atoms with Crippen molar-refractivity contribution in [2.24, 2.45) is 5.92 Å². The molecule has 0 bridgehead atoms. The van der Waals surface area contributed by atoms with E-state index in [0.717, 1.165) is 36.1 Å². The van der Waals surface area contributed by atoms with Gasteiger partial charge in [-0.25, -0.2) is 0 Å². The normalized spacial score (nSPS) is 18.3. The van der Waals surface area contributed by atoms with E-state index in [0.29, 0.717) is 24.7 Å². The summed E-state index contributed by atoms with van der Waals surface area (Å²) in [5.74, 6) is -0.970. The van der Waals surface area contributed by atoms with Gasteiger partial charge in [0.05, 0.1) is 12.2 Å². The lowest BCUT2D eigenvalue weighted by Crippen LogP contribution is -2.40. The Morgan fingerprint density at radius 2 is 1.93 bits per heavy atom. The van der Waals surface area contributed by atoms with Crippen molar-refractivity contribution in [3.63, 3.8) is 0 Å². The molecule has 1 N–H and O–H groups in total. The van der Waals surface area contributed by atoms with Gasteiger partial charge in [-0.3, -0.25) is 9.69 Å². The van der Waals surface area contributed by atoms with Crippen molar-refractivity contribution in [3.05, 3.63) is 77.0 Å². The Hall–Kier alpha value is -2.30. The van der Waals surface area contributed by atoms with Crippen molar-refractivity contribution in [1.29, 1.82) is 0 Å². The number of ether oxygens (including phenoxy) is 1. The lowest BCUT2D eigenvalue weighted by Gasteiger charge is -2.30. The third kappa shape index (κ3) is 5.34. The van der Waals surface area contributed by atoms with Gasteiger partial charge in [0.15, 0.2) is 0 Å². The van der Waals surface area contributed by atoms with E-state index in [-0.39, 0.29) is 5.92 Å². The number of likely N-dealkylation sites (tertiary alicyclic amines) is 1. The minimum absolute atomic E-state index is 0.266. The highest BCUT2D eigenvalue weighted by Gasteiger charge is 2.24. The van der Waals surface area contributed by atoms with E-state index < -0.39 is 5.97 Å². The zero-order chi connectivity index (χ0) is 19.1. The highest BCUT2D eigenvalue weighted by molar-refractivity contribution is 6.32.